The number of nitrogens with zero attached hydrogens (tertiary/aromatic N) is 5. The van der Waals surface area contributed by atoms with Crippen LogP contribution in [0.2, 0.25) is 0 Å². The molecule has 0 radical (unpaired) electrons. The number of carbonyl (C=O) groups excluding carboxylic acids is 5. The number of benzene rings is 3. The van der Waals surface area contributed by atoms with E-state index in [1.165, 1.54) is 4.90 Å². The minimum absolute atomic E-state index is 0.137. The fraction of sp³-hybridized carbons (Fsp3) is 0.483. The Labute approximate surface area is 455 Å². The highest BCUT2D eigenvalue weighted by Crippen LogP contribution is 2.38. The zero-order valence-electron chi connectivity index (χ0n) is 44.5. The minimum atomic E-state index is -0.708. The molecule has 4 aliphatic rings. The van der Waals surface area contributed by atoms with Gasteiger partial charge in [-0.1, -0.05) is 25.0 Å². The number of hydrogen-bond donors (Lipinski definition) is 5. The summed E-state index contributed by atoms with van der Waals surface area (Å²) in [6, 6.07) is 21.5. The van der Waals surface area contributed by atoms with Crippen molar-refractivity contribution in [3.05, 3.63) is 113 Å². The monoisotopic (exact) mass is 1070 g/mol. The van der Waals surface area contributed by atoms with Crippen molar-refractivity contribution >= 4 is 40.9 Å². The van der Waals surface area contributed by atoms with Crippen LogP contribution >= 0.6 is 0 Å². The van der Waals surface area contributed by atoms with Crippen LogP contribution in [0.5, 0.6) is 11.5 Å². The van der Waals surface area contributed by atoms with Crippen molar-refractivity contribution in [3.63, 3.8) is 0 Å². The van der Waals surface area contributed by atoms with Crippen molar-refractivity contribution in [2.45, 2.75) is 108 Å². The number of aromatic amines is 1. The molecule has 414 valence electrons. The molecule has 5 aromatic rings. The molecule has 0 saturated carbocycles. The normalized spacial score (nSPS) is 17.9. The number of fused-ring (bicyclic) bond motifs is 2. The number of anilines is 2. The van der Waals surface area contributed by atoms with Gasteiger partial charge in [0, 0.05) is 104 Å². The zero-order chi connectivity index (χ0) is 54.1. The number of amides is 5. The molecule has 1 unspecified atom stereocenters. The number of nitrogens with one attached hydrogen (secondary N) is 5. The maximum Gasteiger partial charge on any atom is 0.255 e. The number of likely N-dealkylation sites (tertiary alicyclic amines) is 1. The third kappa shape index (κ3) is 14.6. The smallest absolute Gasteiger partial charge is 0.255 e. The summed E-state index contributed by atoms with van der Waals surface area (Å²) in [6.07, 6.45) is 12.8. The van der Waals surface area contributed by atoms with E-state index in [9.17, 15) is 24.0 Å². The fourth-order valence-corrected chi connectivity index (χ4v) is 10.4. The van der Waals surface area contributed by atoms with Crippen LogP contribution in [0.15, 0.2) is 85.2 Å². The fourth-order valence-electron chi connectivity index (χ4n) is 10.4. The van der Waals surface area contributed by atoms with Gasteiger partial charge in [0.2, 0.25) is 17.7 Å². The molecule has 3 aromatic carbocycles. The first-order chi connectivity index (χ1) is 38.1. The molecular formula is C58H72N10O10. The zero-order valence-corrected chi connectivity index (χ0v) is 44.5. The SMILES string of the molecule is CN1CCC(Nc2cccc(C(=O)N[C@H]3CCOc4ccc(OCCCCCCOCCOCCOCCCCCC(=O)Nc5cccc6c5CN(C5CCC(=O)NC5=O)C6=O)cc43)c2)(c2nc(-c3ccncc3)n[nH]2)CC1. The van der Waals surface area contributed by atoms with E-state index >= 15 is 0 Å². The summed E-state index contributed by atoms with van der Waals surface area (Å²) < 4.78 is 29.3. The van der Waals surface area contributed by atoms with E-state index < -0.39 is 17.5 Å². The van der Waals surface area contributed by atoms with E-state index in [0.717, 1.165) is 98.6 Å². The topological polar surface area (TPSA) is 241 Å². The lowest BCUT2D eigenvalue weighted by Crippen LogP contribution is -2.52. The third-order valence-electron chi connectivity index (χ3n) is 14.8. The van der Waals surface area contributed by atoms with Gasteiger partial charge >= 0.3 is 0 Å². The standard InChI is InChI=1S/C58H72N10O10/c1-67-27-23-58(24-28-67,57-63-53(65-66-57)40-20-25-59-26-21-40)64-42-12-9-11-41(37-42)54(71)61-48-22-32-78-50-18-16-43(38-45(48)50)77-31-8-3-2-6-29-74-33-35-76-36-34-75-30-7-4-5-15-51(69)60-47-14-10-13-44-46(47)39-68(56(44)73)49-17-19-52(70)62-55(49)72/h9-14,16,18,20-21,25-26,37-38,48-49,64H,2-8,15,17,19,22-24,27-36,39H2,1H3,(H,60,69)(H,61,71)(H,62,70,72)(H,63,65,66)/t48-,49?/m0/s1. The number of aromatic nitrogens is 4. The van der Waals surface area contributed by atoms with E-state index in [-0.39, 0.29) is 49.1 Å². The van der Waals surface area contributed by atoms with E-state index in [0.29, 0.717) is 100 Å². The van der Waals surface area contributed by atoms with Gasteiger partial charge in [-0.05, 0) is 119 Å². The van der Waals surface area contributed by atoms with Crippen LogP contribution in [0, 0.1) is 0 Å². The van der Waals surface area contributed by atoms with Crippen molar-refractivity contribution in [3.8, 4) is 22.9 Å². The van der Waals surface area contributed by atoms with Crippen LogP contribution < -0.4 is 30.7 Å². The molecule has 20 nitrogen and oxygen atoms in total. The second kappa shape index (κ2) is 27.4. The van der Waals surface area contributed by atoms with Gasteiger partial charge in [-0.15, -0.1) is 0 Å². The predicted molar refractivity (Wildman–Crippen MR) is 291 cm³/mol. The Morgan fingerprint density at radius 3 is 2.31 bits per heavy atom. The number of H-pyrrole nitrogens is 1. The Morgan fingerprint density at radius 1 is 0.808 bits per heavy atom. The second-order valence-electron chi connectivity index (χ2n) is 20.4. The van der Waals surface area contributed by atoms with Crippen molar-refractivity contribution in [2.75, 3.05) is 83.6 Å². The number of imide groups is 1. The van der Waals surface area contributed by atoms with Crippen molar-refractivity contribution in [1.82, 2.24) is 40.6 Å². The number of hydrogen-bond acceptors (Lipinski definition) is 15. The van der Waals surface area contributed by atoms with Gasteiger partial charge in [0.05, 0.1) is 51.2 Å². The molecule has 2 fully saturated rings. The molecule has 2 atom stereocenters. The van der Waals surface area contributed by atoms with Gasteiger partial charge in [0.15, 0.2) is 11.6 Å². The van der Waals surface area contributed by atoms with Gasteiger partial charge in [0.1, 0.15) is 17.5 Å². The predicted octanol–water partition coefficient (Wildman–Crippen LogP) is 7.10. The first-order valence-corrected chi connectivity index (χ1v) is 27.5. The highest BCUT2D eigenvalue weighted by Gasteiger charge is 2.41. The number of piperidine rings is 2. The molecule has 0 spiro atoms. The summed E-state index contributed by atoms with van der Waals surface area (Å²) in [5.41, 5.74) is 4.41. The molecule has 78 heavy (non-hydrogen) atoms. The molecule has 4 aliphatic heterocycles. The van der Waals surface area contributed by atoms with Crippen LogP contribution in [0.25, 0.3) is 11.4 Å². The van der Waals surface area contributed by atoms with Crippen LogP contribution in [0.3, 0.4) is 0 Å². The Balaban J connectivity index is 0.596. The summed E-state index contributed by atoms with van der Waals surface area (Å²) in [4.78, 5) is 76.6. The number of carbonyl (C=O) groups is 5. The molecule has 20 heteroatoms. The third-order valence-corrected chi connectivity index (χ3v) is 14.8. The van der Waals surface area contributed by atoms with E-state index in [4.69, 9.17) is 28.7 Å². The molecule has 5 amide bonds. The van der Waals surface area contributed by atoms with E-state index in [1.54, 1.807) is 30.6 Å². The number of ether oxygens (including phenoxy) is 5. The van der Waals surface area contributed by atoms with Gasteiger partial charge < -0.3 is 49.4 Å². The van der Waals surface area contributed by atoms with Crippen LogP contribution in [0.4, 0.5) is 11.4 Å². The van der Waals surface area contributed by atoms with Gasteiger partial charge in [-0.25, -0.2) is 4.98 Å². The lowest BCUT2D eigenvalue weighted by atomic mass is 9.86. The Kier molecular flexibility index (Phi) is 19.5. The van der Waals surface area contributed by atoms with Crippen molar-refractivity contribution in [1.29, 1.82) is 0 Å². The van der Waals surface area contributed by atoms with Gasteiger partial charge in [0.25, 0.3) is 11.8 Å². The molecule has 2 saturated heterocycles. The largest absolute Gasteiger partial charge is 0.494 e. The van der Waals surface area contributed by atoms with Gasteiger partial charge in [-0.3, -0.25) is 39.4 Å². The molecule has 0 aliphatic carbocycles. The average molecular weight is 1070 g/mol. The Hall–Kier alpha value is -7.26. The first kappa shape index (κ1) is 55.5. The lowest BCUT2D eigenvalue weighted by Gasteiger charge is -2.40. The summed E-state index contributed by atoms with van der Waals surface area (Å²) in [7, 11) is 2.12. The Morgan fingerprint density at radius 2 is 1.54 bits per heavy atom. The molecule has 2 aromatic heterocycles. The number of pyridine rings is 1. The highest BCUT2D eigenvalue weighted by molar-refractivity contribution is 6.07. The van der Waals surface area contributed by atoms with E-state index in [1.807, 2.05) is 54.6 Å². The second-order valence-corrected chi connectivity index (χ2v) is 20.4. The first-order valence-electron chi connectivity index (χ1n) is 27.5. The molecule has 0 bridgehead atoms. The quantitative estimate of drug-likeness (QED) is 0.0248. The van der Waals surface area contributed by atoms with Crippen molar-refractivity contribution in [2.24, 2.45) is 0 Å². The molecule has 5 N–H and O–H groups in total. The summed E-state index contributed by atoms with van der Waals surface area (Å²) in [5, 5.41) is 20.1. The molecule has 6 heterocycles. The molecule has 9 rings (SSSR count). The van der Waals surface area contributed by atoms with Crippen molar-refractivity contribution < 1.29 is 47.7 Å². The summed E-state index contributed by atoms with van der Waals surface area (Å²) >= 11 is 0. The maximum atomic E-state index is 13.9. The Bertz CT molecular complexity index is 2840. The number of unbranched alkanes of at least 4 members (excludes halogenated alkanes) is 5. The van der Waals surface area contributed by atoms with Gasteiger partial charge in [-0.2, -0.15) is 5.10 Å². The average Bonchev–Trinajstić information content (AvgIpc) is 4.15. The van der Waals surface area contributed by atoms with Crippen LogP contribution in [-0.2, 0) is 40.7 Å². The number of rotatable bonds is 28. The molecular weight excluding hydrogens is 997 g/mol. The highest BCUT2D eigenvalue weighted by atomic mass is 16.5. The lowest BCUT2D eigenvalue weighted by molar-refractivity contribution is -0.137. The summed E-state index contributed by atoms with van der Waals surface area (Å²) in [6.45, 7) is 6.30. The minimum Gasteiger partial charge on any atom is -0.494 e. The van der Waals surface area contributed by atoms with Crippen LogP contribution in [-0.4, -0.2) is 139 Å². The van der Waals surface area contributed by atoms with Crippen LogP contribution in [0.1, 0.15) is 127 Å². The maximum absolute atomic E-state index is 13.9. The summed E-state index contributed by atoms with van der Waals surface area (Å²) in [5.74, 6) is 1.51. The van der Waals surface area contributed by atoms with E-state index in [2.05, 4.69) is 48.4 Å².